The van der Waals surface area contributed by atoms with Crippen molar-refractivity contribution in [3.63, 3.8) is 0 Å². The second-order valence-corrected chi connectivity index (χ2v) is 4.39. The zero-order valence-corrected chi connectivity index (χ0v) is 11.0. The first-order chi connectivity index (χ1) is 9.06. The van der Waals surface area contributed by atoms with Crippen LogP contribution in [0.5, 0.6) is 0 Å². The summed E-state index contributed by atoms with van der Waals surface area (Å²) in [4.78, 5) is 13.8. The van der Waals surface area contributed by atoms with Crippen molar-refractivity contribution in [2.45, 2.75) is 0 Å². The summed E-state index contributed by atoms with van der Waals surface area (Å²) < 4.78 is 5.05. The number of carbonyl (C=O) groups excluding carboxylic acids is 1. The van der Waals surface area contributed by atoms with Crippen LogP contribution in [0.15, 0.2) is 46.9 Å². The summed E-state index contributed by atoms with van der Waals surface area (Å²) in [6.07, 6.45) is 3.23. The molecule has 0 amide bonds. The Kier molecular flexibility index (Phi) is 3.90. The van der Waals surface area contributed by atoms with Crippen LogP contribution in [0, 0.1) is 0 Å². The van der Waals surface area contributed by atoms with Gasteiger partial charge < -0.3 is 9.32 Å². The Balaban J connectivity index is 2.08. The number of rotatable bonds is 4. The molecule has 2 aromatic rings. The van der Waals surface area contributed by atoms with Crippen molar-refractivity contribution in [3.8, 4) is 0 Å². The third-order valence-corrected chi connectivity index (χ3v) is 2.71. The first-order valence-corrected chi connectivity index (χ1v) is 5.91. The van der Waals surface area contributed by atoms with E-state index in [2.05, 4.69) is 0 Å². The topological polar surface area (TPSA) is 33.5 Å². The summed E-state index contributed by atoms with van der Waals surface area (Å²) in [6, 6.07) is 11.0. The van der Waals surface area contributed by atoms with Crippen molar-refractivity contribution in [2.75, 3.05) is 19.0 Å². The molecular weight excluding hydrogens is 237 g/mol. The molecule has 0 saturated heterocycles. The third kappa shape index (κ3) is 3.38. The molecule has 0 bridgehead atoms. The van der Waals surface area contributed by atoms with Gasteiger partial charge in [0.15, 0.2) is 13.6 Å². The van der Waals surface area contributed by atoms with E-state index in [9.17, 15) is 4.79 Å². The third-order valence-electron chi connectivity index (χ3n) is 2.71. The molecule has 2 rings (SSSR count). The quantitative estimate of drug-likeness (QED) is 0.473. The molecule has 4 heteroatoms. The van der Waals surface area contributed by atoms with E-state index in [0.717, 1.165) is 11.3 Å². The number of allylic oxidation sites excluding steroid dienone is 1. The molecule has 1 aromatic heterocycles. The lowest BCUT2D eigenvalue weighted by Crippen LogP contribution is -2.07. The first kappa shape index (κ1) is 13.2. The zero-order chi connectivity index (χ0) is 13.8. The smallest absolute Gasteiger partial charge is 0.220 e. The number of hydrogen-bond acceptors (Lipinski definition) is 3. The van der Waals surface area contributed by atoms with E-state index >= 15 is 0 Å². The van der Waals surface area contributed by atoms with Crippen LogP contribution < -0.4 is 10.6 Å². The lowest BCUT2D eigenvalue weighted by atomic mass is 10.1. The van der Waals surface area contributed by atoms with E-state index in [4.69, 9.17) is 12.3 Å². The number of hydrogen-bond donors (Lipinski definition) is 0. The molecule has 94 valence electrons. The average molecular weight is 251 g/mol. The van der Waals surface area contributed by atoms with Crippen LogP contribution in [0.1, 0.15) is 16.1 Å². The van der Waals surface area contributed by atoms with E-state index < -0.39 is 0 Å². The summed E-state index contributed by atoms with van der Waals surface area (Å²) in [5.41, 5.74) is 2.31. The predicted molar refractivity (Wildman–Crippen MR) is 78.2 cm³/mol. The second-order valence-electron chi connectivity index (χ2n) is 4.39. The zero-order valence-electron chi connectivity index (χ0n) is 11.0. The molecular formula is C15H14BNO2. The van der Waals surface area contributed by atoms with E-state index in [1.807, 2.05) is 43.3 Å². The standard InChI is InChI=1S/C15H14BNO2/c1-17(2)12-6-3-11(4-7-12)5-8-13(18)14-9-10-15(16)19-14/h3-10H,1-2H3/b8-5+. The van der Waals surface area contributed by atoms with E-state index in [1.165, 1.54) is 6.08 Å². The van der Waals surface area contributed by atoms with Gasteiger partial charge in [0.2, 0.25) is 5.78 Å². The molecule has 0 aliphatic carbocycles. The normalized spacial score (nSPS) is 10.8. The monoisotopic (exact) mass is 251 g/mol. The Morgan fingerprint density at radius 1 is 1.16 bits per heavy atom. The fourth-order valence-corrected chi connectivity index (χ4v) is 1.62. The maximum absolute atomic E-state index is 11.8. The highest BCUT2D eigenvalue weighted by atomic mass is 16.3. The Morgan fingerprint density at radius 2 is 1.84 bits per heavy atom. The van der Waals surface area contributed by atoms with Crippen LogP contribution in [0.4, 0.5) is 5.69 Å². The van der Waals surface area contributed by atoms with Crippen molar-refractivity contribution in [1.82, 2.24) is 0 Å². The van der Waals surface area contributed by atoms with Crippen molar-refractivity contribution in [1.29, 1.82) is 0 Å². The van der Waals surface area contributed by atoms with Crippen LogP contribution in [-0.2, 0) is 0 Å². The van der Waals surface area contributed by atoms with Crippen LogP contribution in [0.2, 0.25) is 0 Å². The van der Waals surface area contributed by atoms with Crippen LogP contribution in [0.3, 0.4) is 0 Å². The first-order valence-electron chi connectivity index (χ1n) is 5.91. The Labute approximate surface area is 113 Å². The van der Waals surface area contributed by atoms with Gasteiger partial charge in [0.25, 0.3) is 0 Å². The van der Waals surface area contributed by atoms with Crippen LogP contribution in [0.25, 0.3) is 6.08 Å². The Morgan fingerprint density at radius 3 is 2.37 bits per heavy atom. The molecule has 1 heterocycles. The summed E-state index contributed by atoms with van der Waals surface area (Å²) in [7, 11) is 9.38. The summed E-state index contributed by atoms with van der Waals surface area (Å²) in [5, 5.41) is 0. The van der Waals surface area contributed by atoms with Gasteiger partial charge in [0, 0.05) is 25.4 Å². The van der Waals surface area contributed by atoms with Crippen LogP contribution >= 0.6 is 0 Å². The number of nitrogens with zero attached hydrogens (tertiary/aromatic N) is 1. The van der Waals surface area contributed by atoms with Gasteiger partial charge in [0.1, 0.15) is 0 Å². The van der Waals surface area contributed by atoms with Gasteiger partial charge in [-0.05, 0) is 35.9 Å². The fourth-order valence-electron chi connectivity index (χ4n) is 1.62. The largest absolute Gasteiger partial charge is 0.469 e. The summed E-state index contributed by atoms with van der Waals surface area (Å²) >= 11 is 0. The molecule has 0 aliphatic heterocycles. The molecule has 0 unspecified atom stereocenters. The molecule has 3 nitrogen and oxygen atoms in total. The Hall–Kier alpha value is -2.23. The average Bonchev–Trinajstić information content (AvgIpc) is 2.83. The lowest BCUT2D eigenvalue weighted by Gasteiger charge is -2.11. The SMILES string of the molecule is [B]c1ccc(C(=O)/C=C/c2ccc(N(C)C)cc2)o1. The number of carbonyl (C=O) groups is 1. The molecule has 0 N–H and O–H groups in total. The van der Waals surface area contributed by atoms with Crippen molar-refractivity contribution >= 4 is 31.1 Å². The van der Waals surface area contributed by atoms with Crippen molar-refractivity contribution in [2.24, 2.45) is 0 Å². The van der Waals surface area contributed by atoms with Gasteiger partial charge in [0.05, 0.1) is 0 Å². The van der Waals surface area contributed by atoms with Gasteiger partial charge in [-0.3, -0.25) is 4.79 Å². The van der Waals surface area contributed by atoms with Gasteiger partial charge in [-0.1, -0.05) is 18.2 Å². The molecule has 1 aromatic carbocycles. The second kappa shape index (κ2) is 5.61. The number of ketones is 1. The van der Waals surface area contributed by atoms with E-state index in [0.29, 0.717) is 0 Å². The molecule has 0 spiro atoms. The lowest BCUT2D eigenvalue weighted by molar-refractivity contribution is 0.102. The van der Waals surface area contributed by atoms with Crippen LogP contribution in [-0.4, -0.2) is 27.7 Å². The highest BCUT2D eigenvalue weighted by molar-refractivity contribution is 6.30. The number of benzene rings is 1. The maximum atomic E-state index is 11.8. The van der Waals surface area contributed by atoms with Crippen molar-refractivity contribution in [3.05, 3.63) is 53.8 Å². The Bertz CT molecular complexity index is 597. The predicted octanol–water partition coefficient (Wildman–Crippen LogP) is 2.04. The van der Waals surface area contributed by atoms with Gasteiger partial charge >= 0.3 is 0 Å². The molecule has 2 radical (unpaired) electrons. The highest BCUT2D eigenvalue weighted by Gasteiger charge is 2.05. The van der Waals surface area contributed by atoms with Gasteiger partial charge in [-0.25, -0.2) is 0 Å². The number of anilines is 1. The highest BCUT2D eigenvalue weighted by Crippen LogP contribution is 2.13. The van der Waals surface area contributed by atoms with Crippen molar-refractivity contribution < 1.29 is 9.21 Å². The molecule has 0 aliphatic rings. The summed E-state index contributed by atoms with van der Waals surface area (Å²) in [6.45, 7) is 0. The maximum Gasteiger partial charge on any atom is 0.220 e. The minimum absolute atomic E-state index is 0.201. The van der Waals surface area contributed by atoms with Gasteiger partial charge in [-0.2, -0.15) is 0 Å². The fraction of sp³-hybridized carbons (Fsp3) is 0.133. The minimum Gasteiger partial charge on any atom is -0.469 e. The molecule has 19 heavy (non-hydrogen) atoms. The van der Waals surface area contributed by atoms with E-state index in [1.54, 1.807) is 18.2 Å². The summed E-state index contributed by atoms with van der Waals surface area (Å²) in [5.74, 6) is 0.0482. The number of furan rings is 1. The molecule has 0 saturated carbocycles. The molecule has 0 fully saturated rings. The van der Waals surface area contributed by atoms with E-state index in [-0.39, 0.29) is 17.2 Å². The van der Waals surface area contributed by atoms with Gasteiger partial charge in [-0.15, -0.1) is 0 Å². The minimum atomic E-state index is -0.201. The molecule has 0 atom stereocenters.